The van der Waals surface area contributed by atoms with Crippen LogP contribution in [-0.4, -0.2) is 5.54 Å². The molecule has 0 atom stereocenters. The molecule has 1 saturated carbocycles. The molecule has 0 saturated heterocycles. The van der Waals surface area contributed by atoms with Gasteiger partial charge in [-0.05, 0) is 25.0 Å². The average Bonchev–Trinajstić information content (AvgIpc) is 2.86. The van der Waals surface area contributed by atoms with Gasteiger partial charge < -0.3 is 5.73 Å². The highest BCUT2D eigenvalue weighted by Gasteiger charge is 2.60. The van der Waals surface area contributed by atoms with Gasteiger partial charge in [-0.3, -0.25) is 0 Å². The Labute approximate surface area is 79.7 Å². The molecule has 1 aromatic rings. The van der Waals surface area contributed by atoms with Crippen LogP contribution in [-0.2, 0) is 5.92 Å². The van der Waals surface area contributed by atoms with E-state index in [1.165, 1.54) is 0 Å². The Morgan fingerprint density at radius 2 is 1.64 bits per heavy atom. The van der Waals surface area contributed by atoms with E-state index < -0.39 is 17.3 Å². The first-order chi connectivity index (χ1) is 6.46. The summed E-state index contributed by atoms with van der Waals surface area (Å²) in [4.78, 5) is 0. The molecule has 0 heterocycles. The molecule has 1 aliphatic carbocycles. The van der Waals surface area contributed by atoms with Crippen LogP contribution in [0.15, 0.2) is 24.3 Å². The summed E-state index contributed by atoms with van der Waals surface area (Å²) in [6.45, 7) is 0. The molecule has 14 heavy (non-hydrogen) atoms. The quantitative estimate of drug-likeness (QED) is 0.781. The highest BCUT2D eigenvalue weighted by atomic mass is 19.3. The van der Waals surface area contributed by atoms with E-state index in [-0.39, 0.29) is 5.56 Å². The van der Waals surface area contributed by atoms with Crippen LogP contribution in [0.25, 0.3) is 0 Å². The maximum absolute atomic E-state index is 13.6. The zero-order chi connectivity index (χ0) is 10.4. The largest absolute Gasteiger partial charge is 0.320 e. The van der Waals surface area contributed by atoms with E-state index in [0.29, 0.717) is 12.8 Å². The van der Waals surface area contributed by atoms with Crippen molar-refractivity contribution in [1.29, 1.82) is 0 Å². The van der Waals surface area contributed by atoms with Gasteiger partial charge in [-0.1, -0.05) is 12.1 Å². The van der Waals surface area contributed by atoms with E-state index in [1.807, 2.05) is 0 Å². The van der Waals surface area contributed by atoms with Crippen molar-refractivity contribution in [1.82, 2.24) is 0 Å². The molecular formula is C10H10F3N. The fourth-order valence-electron chi connectivity index (χ4n) is 1.40. The highest BCUT2D eigenvalue weighted by molar-refractivity contribution is 5.28. The molecule has 0 aliphatic heterocycles. The molecule has 1 aliphatic rings. The first-order valence-electron chi connectivity index (χ1n) is 4.38. The fourth-order valence-corrected chi connectivity index (χ4v) is 1.40. The maximum atomic E-state index is 13.6. The minimum Gasteiger partial charge on any atom is -0.320 e. The van der Waals surface area contributed by atoms with Gasteiger partial charge in [-0.25, -0.2) is 4.39 Å². The predicted molar refractivity (Wildman–Crippen MR) is 46.4 cm³/mol. The third-order valence-corrected chi connectivity index (χ3v) is 2.62. The van der Waals surface area contributed by atoms with Crippen molar-refractivity contribution in [3.63, 3.8) is 0 Å². The van der Waals surface area contributed by atoms with Crippen LogP contribution < -0.4 is 5.73 Å². The van der Waals surface area contributed by atoms with Crippen LogP contribution in [0.1, 0.15) is 18.4 Å². The number of hydrogen-bond acceptors (Lipinski definition) is 1. The molecule has 0 spiro atoms. The lowest BCUT2D eigenvalue weighted by atomic mass is 10.00. The number of alkyl halides is 2. The molecule has 1 fully saturated rings. The van der Waals surface area contributed by atoms with Gasteiger partial charge in [0.1, 0.15) is 5.82 Å². The summed E-state index contributed by atoms with van der Waals surface area (Å²) in [6, 6.07) is 4.22. The van der Waals surface area contributed by atoms with E-state index in [0.717, 1.165) is 24.3 Å². The van der Waals surface area contributed by atoms with Crippen molar-refractivity contribution in [2.75, 3.05) is 0 Å². The average molecular weight is 201 g/mol. The van der Waals surface area contributed by atoms with Gasteiger partial charge in [0.15, 0.2) is 0 Å². The zero-order valence-corrected chi connectivity index (χ0v) is 7.43. The smallest absolute Gasteiger partial charge is 0.290 e. The molecule has 76 valence electrons. The molecule has 0 unspecified atom stereocenters. The standard InChI is InChI=1S/C10H10F3N/c11-8-3-1-7(2-4-8)10(12,13)9(14)5-6-9/h1-4H,5-6,14H2. The first kappa shape index (κ1) is 9.52. The highest BCUT2D eigenvalue weighted by Crippen LogP contribution is 2.51. The molecule has 1 aromatic carbocycles. The zero-order valence-electron chi connectivity index (χ0n) is 7.43. The van der Waals surface area contributed by atoms with Crippen molar-refractivity contribution < 1.29 is 13.2 Å². The Kier molecular flexibility index (Phi) is 1.86. The van der Waals surface area contributed by atoms with Crippen LogP contribution >= 0.6 is 0 Å². The van der Waals surface area contributed by atoms with Crippen LogP contribution in [0.2, 0.25) is 0 Å². The lowest BCUT2D eigenvalue weighted by molar-refractivity contribution is -0.0421. The SMILES string of the molecule is NC1(C(F)(F)c2ccc(F)cc2)CC1. The van der Waals surface area contributed by atoms with Gasteiger partial charge >= 0.3 is 0 Å². The van der Waals surface area contributed by atoms with E-state index in [1.54, 1.807) is 0 Å². The minimum atomic E-state index is -3.05. The van der Waals surface area contributed by atoms with E-state index in [9.17, 15) is 13.2 Å². The third kappa shape index (κ3) is 1.30. The number of nitrogens with two attached hydrogens (primary N) is 1. The number of rotatable bonds is 2. The normalized spacial score (nSPS) is 19.4. The monoisotopic (exact) mass is 201 g/mol. The fraction of sp³-hybridized carbons (Fsp3) is 0.400. The second-order valence-corrected chi connectivity index (χ2v) is 3.74. The molecule has 0 bridgehead atoms. The lowest BCUT2D eigenvalue weighted by Gasteiger charge is -2.23. The van der Waals surface area contributed by atoms with Gasteiger partial charge in [-0.2, -0.15) is 8.78 Å². The maximum Gasteiger partial charge on any atom is 0.290 e. The van der Waals surface area contributed by atoms with Gasteiger partial charge in [0.05, 0.1) is 5.54 Å². The van der Waals surface area contributed by atoms with Gasteiger partial charge in [0, 0.05) is 5.56 Å². The van der Waals surface area contributed by atoms with Crippen LogP contribution in [0, 0.1) is 5.82 Å². The number of halogens is 3. The molecule has 1 nitrogen and oxygen atoms in total. The van der Waals surface area contributed by atoms with Gasteiger partial charge in [-0.15, -0.1) is 0 Å². The molecule has 0 aromatic heterocycles. The van der Waals surface area contributed by atoms with Crippen molar-refractivity contribution >= 4 is 0 Å². The van der Waals surface area contributed by atoms with Crippen LogP contribution in [0.3, 0.4) is 0 Å². The number of hydrogen-bond donors (Lipinski definition) is 1. The van der Waals surface area contributed by atoms with E-state index >= 15 is 0 Å². The second-order valence-electron chi connectivity index (χ2n) is 3.74. The third-order valence-electron chi connectivity index (χ3n) is 2.62. The molecule has 4 heteroatoms. The predicted octanol–water partition coefficient (Wildman–Crippen LogP) is 2.41. The lowest BCUT2D eigenvalue weighted by Crippen LogP contribution is -2.41. The van der Waals surface area contributed by atoms with Crippen LogP contribution in [0.5, 0.6) is 0 Å². The molecule has 2 N–H and O–H groups in total. The van der Waals surface area contributed by atoms with Crippen molar-refractivity contribution in [3.8, 4) is 0 Å². The Morgan fingerprint density at radius 3 is 2.07 bits per heavy atom. The van der Waals surface area contributed by atoms with Crippen molar-refractivity contribution in [2.24, 2.45) is 5.73 Å². The van der Waals surface area contributed by atoms with Gasteiger partial charge in [0.2, 0.25) is 0 Å². The molecular weight excluding hydrogens is 191 g/mol. The summed E-state index contributed by atoms with van der Waals surface area (Å²) >= 11 is 0. The Balaban J connectivity index is 2.34. The van der Waals surface area contributed by atoms with Crippen molar-refractivity contribution in [2.45, 2.75) is 24.3 Å². The van der Waals surface area contributed by atoms with Crippen LogP contribution in [0.4, 0.5) is 13.2 Å². The van der Waals surface area contributed by atoms with E-state index in [4.69, 9.17) is 5.73 Å². The molecule has 0 amide bonds. The summed E-state index contributed by atoms with van der Waals surface area (Å²) < 4.78 is 39.7. The van der Waals surface area contributed by atoms with Gasteiger partial charge in [0.25, 0.3) is 5.92 Å². The Morgan fingerprint density at radius 1 is 1.14 bits per heavy atom. The first-order valence-corrected chi connectivity index (χ1v) is 4.38. The summed E-state index contributed by atoms with van der Waals surface area (Å²) in [5, 5.41) is 0. The Hall–Kier alpha value is -1.03. The second kappa shape index (κ2) is 2.73. The van der Waals surface area contributed by atoms with Crippen molar-refractivity contribution in [3.05, 3.63) is 35.6 Å². The number of benzene rings is 1. The Bertz CT molecular complexity index is 341. The summed E-state index contributed by atoms with van der Waals surface area (Å²) in [5.74, 6) is -3.58. The topological polar surface area (TPSA) is 26.0 Å². The minimum absolute atomic E-state index is 0.209. The molecule has 2 rings (SSSR count). The summed E-state index contributed by atoms with van der Waals surface area (Å²) in [5.41, 5.74) is 3.83. The molecule has 0 radical (unpaired) electrons. The summed E-state index contributed by atoms with van der Waals surface area (Å²) in [7, 11) is 0. The summed E-state index contributed by atoms with van der Waals surface area (Å²) in [6.07, 6.45) is 0.634. The van der Waals surface area contributed by atoms with E-state index in [2.05, 4.69) is 0 Å².